The molecule has 104 valence electrons. The number of benzene rings is 1. The van der Waals surface area contributed by atoms with Crippen LogP contribution >= 0.6 is 11.6 Å². The Balaban J connectivity index is 2.06. The molecular formula is C15H21ClN2O. The van der Waals surface area contributed by atoms with Gasteiger partial charge in [0.2, 0.25) is 5.91 Å². The van der Waals surface area contributed by atoms with Gasteiger partial charge in [0, 0.05) is 5.02 Å². The first-order valence-electron chi connectivity index (χ1n) is 6.89. The summed E-state index contributed by atoms with van der Waals surface area (Å²) in [4.78, 5) is 12.5. The summed E-state index contributed by atoms with van der Waals surface area (Å²) < 4.78 is 0. The Morgan fingerprint density at radius 3 is 2.95 bits per heavy atom. The van der Waals surface area contributed by atoms with Crippen molar-refractivity contribution in [3.05, 3.63) is 34.9 Å². The van der Waals surface area contributed by atoms with Crippen LogP contribution in [0.1, 0.15) is 44.7 Å². The van der Waals surface area contributed by atoms with Crippen LogP contribution in [0.4, 0.5) is 0 Å². The van der Waals surface area contributed by atoms with Gasteiger partial charge in [-0.3, -0.25) is 4.79 Å². The van der Waals surface area contributed by atoms with Crippen LogP contribution in [0.5, 0.6) is 0 Å². The van der Waals surface area contributed by atoms with E-state index in [1.54, 1.807) is 0 Å². The molecule has 1 amide bonds. The molecule has 1 fully saturated rings. The van der Waals surface area contributed by atoms with Gasteiger partial charge < -0.3 is 10.6 Å². The predicted octanol–water partition coefficient (Wildman–Crippen LogP) is 3.05. The Bertz CT molecular complexity index is 455. The highest BCUT2D eigenvalue weighted by molar-refractivity contribution is 6.30. The van der Waals surface area contributed by atoms with Crippen LogP contribution in [0.25, 0.3) is 0 Å². The Kier molecular flexibility index (Phi) is 4.48. The molecule has 1 aliphatic rings. The minimum absolute atomic E-state index is 0.0305. The van der Waals surface area contributed by atoms with E-state index in [0.29, 0.717) is 5.02 Å². The van der Waals surface area contributed by atoms with Crippen LogP contribution in [0.15, 0.2) is 24.3 Å². The summed E-state index contributed by atoms with van der Waals surface area (Å²) in [5, 5.41) is 7.14. The lowest BCUT2D eigenvalue weighted by atomic mass is 9.92. The monoisotopic (exact) mass is 280 g/mol. The first-order valence-corrected chi connectivity index (χ1v) is 7.26. The second-order valence-electron chi connectivity index (χ2n) is 5.22. The van der Waals surface area contributed by atoms with Gasteiger partial charge in [-0.05, 0) is 50.4 Å². The van der Waals surface area contributed by atoms with Crippen molar-refractivity contribution in [2.75, 3.05) is 6.54 Å². The van der Waals surface area contributed by atoms with Crippen LogP contribution in [-0.4, -0.2) is 18.0 Å². The maximum Gasteiger partial charge on any atom is 0.240 e. The van der Waals surface area contributed by atoms with Gasteiger partial charge in [-0.2, -0.15) is 0 Å². The second-order valence-corrected chi connectivity index (χ2v) is 5.65. The van der Waals surface area contributed by atoms with Crippen molar-refractivity contribution in [3.63, 3.8) is 0 Å². The molecule has 1 saturated heterocycles. The van der Waals surface area contributed by atoms with E-state index in [1.165, 1.54) is 0 Å². The van der Waals surface area contributed by atoms with Crippen LogP contribution in [0, 0.1) is 0 Å². The number of hydrogen-bond donors (Lipinski definition) is 2. The van der Waals surface area contributed by atoms with E-state index in [0.717, 1.165) is 31.4 Å². The van der Waals surface area contributed by atoms with Crippen LogP contribution in [0.3, 0.4) is 0 Å². The van der Waals surface area contributed by atoms with E-state index in [-0.39, 0.29) is 17.5 Å². The van der Waals surface area contributed by atoms with E-state index >= 15 is 0 Å². The van der Waals surface area contributed by atoms with Crippen molar-refractivity contribution >= 4 is 17.5 Å². The molecule has 1 aliphatic heterocycles. The Labute approximate surface area is 119 Å². The van der Waals surface area contributed by atoms with Crippen molar-refractivity contribution in [2.45, 2.75) is 44.7 Å². The smallest absolute Gasteiger partial charge is 0.240 e. The minimum Gasteiger partial charge on any atom is -0.348 e. The Hall–Kier alpha value is -1.06. The van der Waals surface area contributed by atoms with E-state index in [4.69, 9.17) is 11.6 Å². The number of carbonyl (C=O) groups excluding carboxylic acids is 1. The number of amides is 1. The Morgan fingerprint density at radius 1 is 1.58 bits per heavy atom. The maximum atomic E-state index is 12.5. The molecule has 0 spiro atoms. The number of halogens is 1. The van der Waals surface area contributed by atoms with Crippen molar-refractivity contribution in [1.82, 2.24) is 10.6 Å². The average Bonchev–Trinajstić information content (AvgIpc) is 2.88. The molecule has 1 unspecified atom stereocenters. The van der Waals surface area contributed by atoms with E-state index in [2.05, 4.69) is 17.6 Å². The molecule has 0 radical (unpaired) electrons. The molecule has 2 atom stereocenters. The average molecular weight is 281 g/mol. The van der Waals surface area contributed by atoms with Crippen LogP contribution in [-0.2, 0) is 4.79 Å². The summed E-state index contributed by atoms with van der Waals surface area (Å²) in [6.45, 7) is 4.97. The summed E-state index contributed by atoms with van der Waals surface area (Å²) in [5.74, 6) is 0.0972. The molecule has 4 heteroatoms. The van der Waals surface area contributed by atoms with Gasteiger partial charge in [0.25, 0.3) is 0 Å². The number of rotatable bonds is 4. The fourth-order valence-corrected chi connectivity index (χ4v) is 2.86. The van der Waals surface area contributed by atoms with Gasteiger partial charge in [0.1, 0.15) is 0 Å². The fourth-order valence-electron chi connectivity index (χ4n) is 2.66. The highest BCUT2D eigenvalue weighted by atomic mass is 35.5. The van der Waals surface area contributed by atoms with Gasteiger partial charge in [-0.15, -0.1) is 0 Å². The first kappa shape index (κ1) is 14.4. The van der Waals surface area contributed by atoms with E-state index in [1.807, 2.05) is 31.2 Å². The molecule has 1 aromatic rings. The largest absolute Gasteiger partial charge is 0.348 e. The zero-order valence-corrected chi connectivity index (χ0v) is 12.3. The summed E-state index contributed by atoms with van der Waals surface area (Å²) in [6.07, 6.45) is 2.80. The third kappa shape index (κ3) is 3.10. The summed E-state index contributed by atoms with van der Waals surface area (Å²) in [5.41, 5.74) is 0.650. The normalized spacial score (nSPS) is 24.2. The maximum absolute atomic E-state index is 12.5. The summed E-state index contributed by atoms with van der Waals surface area (Å²) >= 11 is 5.98. The zero-order valence-electron chi connectivity index (χ0n) is 11.5. The molecule has 1 aromatic carbocycles. The van der Waals surface area contributed by atoms with Crippen LogP contribution in [0.2, 0.25) is 5.02 Å². The van der Waals surface area contributed by atoms with E-state index < -0.39 is 0 Å². The van der Waals surface area contributed by atoms with Crippen molar-refractivity contribution in [1.29, 1.82) is 0 Å². The molecule has 2 rings (SSSR count). The molecule has 0 aliphatic carbocycles. The SMILES string of the molecule is CCC1(C(=O)N[C@@H](C)c2cccc(Cl)c2)CCCN1. The van der Waals surface area contributed by atoms with Gasteiger partial charge in [0.15, 0.2) is 0 Å². The molecule has 1 heterocycles. The highest BCUT2D eigenvalue weighted by Crippen LogP contribution is 2.25. The number of nitrogens with one attached hydrogen (secondary N) is 2. The molecular weight excluding hydrogens is 260 g/mol. The van der Waals surface area contributed by atoms with Crippen molar-refractivity contribution in [3.8, 4) is 0 Å². The lowest BCUT2D eigenvalue weighted by Crippen LogP contribution is -2.53. The van der Waals surface area contributed by atoms with Gasteiger partial charge in [-0.25, -0.2) is 0 Å². The number of carbonyl (C=O) groups is 1. The molecule has 2 N–H and O–H groups in total. The fraction of sp³-hybridized carbons (Fsp3) is 0.533. The highest BCUT2D eigenvalue weighted by Gasteiger charge is 2.39. The third-order valence-corrected chi connectivity index (χ3v) is 4.21. The first-order chi connectivity index (χ1) is 9.07. The molecule has 3 nitrogen and oxygen atoms in total. The summed E-state index contributed by atoms with van der Waals surface area (Å²) in [7, 11) is 0. The standard InChI is InChI=1S/C15H21ClN2O/c1-3-15(8-5-9-17-15)14(19)18-11(2)12-6-4-7-13(16)10-12/h4,6-7,10-11,17H,3,5,8-9H2,1-2H3,(H,18,19)/t11-,15?/m0/s1. The van der Waals surface area contributed by atoms with Crippen molar-refractivity contribution in [2.24, 2.45) is 0 Å². The van der Waals surface area contributed by atoms with Gasteiger partial charge >= 0.3 is 0 Å². The third-order valence-electron chi connectivity index (χ3n) is 3.98. The molecule has 19 heavy (non-hydrogen) atoms. The minimum atomic E-state index is -0.382. The zero-order chi connectivity index (χ0) is 13.9. The lowest BCUT2D eigenvalue weighted by molar-refractivity contribution is -0.128. The lowest BCUT2D eigenvalue weighted by Gasteiger charge is -2.28. The van der Waals surface area contributed by atoms with Gasteiger partial charge in [0.05, 0.1) is 11.6 Å². The quantitative estimate of drug-likeness (QED) is 0.890. The summed E-state index contributed by atoms with van der Waals surface area (Å²) in [6, 6.07) is 7.59. The predicted molar refractivity (Wildman–Crippen MR) is 78.3 cm³/mol. The Morgan fingerprint density at radius 2 is 2.37 bits per heavy atom. The molecule has 0 saturated carbocycles. The number of hydrogen-bond acceptors (Lipinski definition) is 2. The van der Waals surface area contributed by atoms with E-state index in [9.17, 15) is 4.79 Å². The molecule has 0 bridgehead atoms. The van der Waals surface area contributed by atoms with Crippen molar-refractivity contribution < 1.29 is 4.79 Å². The second kappa shape index (κ2) is 5.93. The van der Waals surface area contributed by atoms with Crippen LogP contribution < -0.4 is 10.6 Å². The topological polar surface area (TPSA) is 41.1 Å². The molecule has 0 aromatic heterocycles. The van der Waals surface area contributed by atoms with Gasteiger partial charge in [-0.1, -0.05) is 30.7 Å².